The molecule has 6 nitrogen and oxygen atoms in total. The highest BCUT2D eigenvalue weighted by Gasteiger charge is 2.42. The van der Waals surface area contributed by atoms with E-state index in [1.165, 1.54) is 0 Å². The number of pyridine rings is 1. The van der Waals surface area contributed by atoms with Crippen molar-refractivity contribution in [2.24, 2.45) is 5.41 Å². The molecule has 3 aliphatic heterocycles. The topological polar surface area (TPSA) is 62.7 Å². The largest absolute Gasteiger partial charge is 0.368 e. The van der Waals surface area contributed by atoms with E-state index in [4.69, 9.17) is 4.74 Å². The lowest BCUT2D eigenvalue weighted by molar-refractivity contribution is -0.151. The van der Waals surface area contributed by atoms with Gasteiger partial charge in [0.1, 0.15) is 6.10 Å². The number of amides is 2. The van der Waals surface area contributed by atoms with E-state index >= 15 is 0 Å². The van der Waals surface area contributed by atoms with Crippen LogP contribution in [-0.2, 0) is 20.9 Å². The number of nitrogens with zero attached hydrogens (tertiary/aromatic N) is 3. The normalized spacial score (nSPS) is 25.6. The minimum atomic E-state index is -0.232. The molecule has 3 aliphatic rings. The van der Waals surface area contributed by atoms with E-state index in [0.29, 0.717) is 19.6 Å². The maximum atomic E-state index is 12.7. The van der Waals surface area contributed by atoms with Gasteiger partial charge in [0.2, 0.25) is 5.91 Å². The number of aromatic nitrogens is 1. The zero-order chi connectivity index (χ0) is 18.7. The van der Waals surface area contributed by atoms with Crippen molar-refractivity contribution >= 4 is 11.8 Å². The van der Waals surface area contributed by atoms with Crippen molar-refractivity contribution in [3.8, 4) is 0 Å². The van der Waals surface area contributed by atoms with E-state index in [1.54, 1.807) is 12.4 Å². The first-order chi connectivity index (χ1) is 13.2. The summed E-state index contributed by atoms with van der Waals surface area (Å²) in [5, 5.41) is 0. The summed E-state index contributed by atoms with van der Waals surface area (Å²) in [6.45, 7) is 3.74. The van der Waals surface area contributed by atoms with E-state index in [0.717, 1.165) is 63.7 Å². The molecule has 2 amide bonds. The molecular weight excluding hydrogens is 342 g/mol. The highest BCUT2D eigenvalue weighted by Crippen LogP contribution is 2.41. The molecule has 27 heavy (non-hydrogen) atoms. The average molecular weight is 371 g/mol. The third-order valence-electron chi connectivity index (χ3n) is 6.46. The first kappa shape index (κ1) is 18.4. The van der Waals surface area contributed by atoms with Crippen molar-refractivity contribution in [1.82, 2.24) is 14.8 Å². The van der Waals surface area contributed by atoms with Gasteiger partial charge in [0.05, 0.1) is 0 Å². The highest BCUT2D eigenvalue weighted by atomic mass is 16.5. The Morgan fingerprint density at radius 3 is 2.67 bits per heavy atom. The Kier molecular flexibility index (Phi) is 5.43. The quantitative estimate of drug-likeness (QED) is 0.818. The zero-order valence-electron chi connectivity index (χ0n) is 15.9. The van der Waals surface area contributed by atoms with Crippen LogP contribution in [0.25, 0.3) is 0 Å². The van der Waals surface area contributed by atoms with E-state index < -0.39 is 0 Å². The number of carbonyl (C=O) groups is 2. The summed E-state index contributed by atoms with van der Waals surface area (Å²) in [7, 11) is 0. The number of piperidine rings is 2. The maximum absolute atomic E-state index is 12.7. The second kappa shape index (κ2) is 7.97. The summed E-state index contributed by atoms with van der Waals surface area (Å²) in [5.41, 5.74) is 1.28. The van der Waals surface area contributed by atoms with Crippen LogP contribution in [0.5, 0.6) is 0 Å². The molecule has 6 heteroatoms. The standard InChI is InChI=1S/C21H29N3O3/c25-19-4-7-21(16-24(19)15-17-5-10-22-11-6-17)8-12-23(13-9-21)20(26)18-3-1-2-14-27-18/h5-6,10-11,18H,1-4,7-9,12-16H2/t18-/m0/s1. The molecule has 0 saturated carbocycles. The first-order valence-corrected chi connectivity index (χ1v) is 10.2. The van der Waals surface area contributed by atoms with Crippen LogP contribution in [0, 0.1) is 5.41 Å². The summed E-state index contributed by atoms with van der Waals surface area (Å²) < 4.78 is 5.68. The van der Waals surface area contributed by atoms with Crippen LogP contribution < -0.4 is 0 Å². The second-order valence-corrected chi connectivity index (χ2v) is 8.29. The maximum Gasteiger partial charge on any atom is 0.251 e. The van der Waals surface area contributed by atoms with Gasteiger partial charge in [0.25, 0.3) is 5.91 Å². The fraction of sp³-hybridized carbons (Fsp3) is 0.667. The Balaban J connectivity index is 1.35. The Morgan fingerprint density at radius 1 is 1.19 bits per heavy atom. The van der Waals surface area contributed by atoms with Crippen molar-refractivity contribution < 1.29 is 14.3 Å². The molecule has 1 spiro atoms. The van der Waals surface area contributed by atoms with Crippen LogP contribution in [0.2, 0.25) is 0 Å². The van der Waals surface area contributed by atoms with E-state index in [1.807, 2.05) is 21.9 Å². The van der Waals surface area contributed by atoms with Gasteiger partial charge in [-0.25, -0.2) is 0 Å². The van der Waals surface area contributed by atoms with E-state index in [-0.39, 0.29) is 23.3 Å². The molecule has 0 bridgehead atoms. The zero-order valence-corrected chi connectivity index (χ0v) is 15.9. The van der Waals surface area contributed by atoms with Crippen molar-refractivity contribution in [2.45, 2.75) is 57.6 Å². The number of hydrogen-bond acceptors (Lipinski definition) is 4. The second-order valence-electron chi connectivity index (χ2n) is 8.29. The minimum Gasteiger partial charge on any atom is -0.368 e. The van der Waals surface area contributed by atoms with Gasteiger partial charge in [-0.2, -0.15) is 0 Å². The first-order valence-electron chi connectivity index (χ1n) is 10.2. The van der Waals surface area contributed by atoms with Crippen LogP contribution in [0.1, 0.15) is 50.5 Å². The lowest BCUT2D eigenvalue weighted by Gasteiger charge is -2.48. The summed E-state index contributed by atoms with van der Waals surface area (Å²) in [6, 6.07) is 3.94. The predicted octanol–water partition coefficient (Wildman–Crippen LogP) is 2.38. The fourth-order valence-electron chi connectivity index (χ4n) is 4.70. The Labute approximate surface area is 160 Å². The summed E-state index contributed by atoms with van der Waals surface area (Å²) >= 11 is 0. The highest BCUT2D eigenvalue weighted by molar-refractivity contribution is 5.81. The van der Waals surface area contributed by atoms with Crippen LogP contribution >= 0.6 is 0 Å². The molecule has 3 saturated heterocycles. The molecule has 0 aliphatic carbocycles. The molecule has 0 N–H and O–H groups in total. The van der Waals surface area contributed by atoms with Gasteiger partial charge in [-0.1, -0.05) is 0 Å². The smallest absolute Gasteiger partial charge is 0.251 e. The van der Waals surface area contributed by atoms with E-state index in [9.17, 15) is 9.59 Å². The third kappa shape index (κ3) is 4.15. The lowest BCUT2D eigenvalue weighted by Crippen LogP contribution is -2.53. The number of likely N-dealkylation sites (tertiary alicyclic amines) is 2. The SMILES string of the molecule is O=C1CCC2(CCN(C(=O)[C@@H]3CCCCO3)CC2)CN1Cc1ccncc1. The molecule has 1 aromatic heterocycles. The van der Waals surface area contributed by atoms with Gasteiger partial charge in [-0.15, -0.1) is 0 Å². The predicted molar refractivity (Wildman–Crippen MR) is 101 cm³/mol. The fourth-order valence-corrected chi connectivity index (χ4v) is 4.70. The average Bonchev–Trinajstić information content (AvgIpc) is 2.72. The van der Waals surface area contributed by atoms with E-state index in [2.05, 4.69) is 4.98 Å². The third-order valence-corrected chi connectivity index (χ3v) is 6.46. The Morgan fingerprint density at radius 2 is 1.96 bits per heavy atom. The monoisotopic (exact) mass is 371 g/mol. The molecule has 3 fully saturated rings. The van der Waals surface area contributed by atoms with Gasteiger partial charge in [-0.3, -0.25) is 14.6 Å². The number of rotatable bonds is 3. The molecular formula is C21H29N3O3. The van der Waals surface area contributed by atoms with Gasteiger partial charge in [-0.05, 0) is 61.6 Å². The minimum absolute atomic E-state index is 0.158. The van der Waals surface area contributed by atoms with Crippen molar-refractivity contribution in [3.63, 3.8) is 0 Å². The summed E-state index contributed by atoms with van der Waals surface area (Å²) in [5.74, 6) is 0.414. The van der Waals surface area contributed by atoms with Gasteiger partial charge >= 0.3 is 0 Å². The van der Waals surface area contributed by atoms with Crippen LogP contribution in [0.15, 0.2) is 24.5 Å². The molecule has 1 aromatic rings. The number of hydrogen-bond donors (Lipinski definition) is 0. The summed E-state index contributed by atoms with van der Waals surface area (Å²) in [4.78, 5) is 33.2. The molecule has 0 unspecified atom stereocenters. The van der Waals surface area contributed by atoms with Crippen molar-refractivity contribution in [3.05, 3.63) is 30.1 Å². The van der Waals surface area contributed by atoms with Gasteiger partial charge in [0, 0.05) is 51.6 Å². The molecule has 1 atom stereocenters. The molecule has 4 heterocycles. The number of carbonyl (C=O) groups excluding carboxylic acids is 2. The molecule has 146 valence electrons. The van der Waals surface area contributed by atoms with Gasteiger partial charge < -0.3 is 14.5 Å². The molecule has 0 aromatic carbocycles. The van der Waals surface area contributed by atoms with Crippen molar-refractivity contribution in [1.29, 1.82) is 0 Å². The van der Waals surface area contributed by atoms with Crippen LogP contribution in [0.4, 0.5) is 0 Å². The summed E-state index contributed by atoms with van der Waals surface area (Å²) in [6.07, 6.45) is 9.84. The molecule has 4 rings (SSSR count). The van der Waals surface area contributed by atoms with Crippen molar-refractivity contribution in [2.75, 3.05) is 26.2 Å². The van der Waals surface area contributed by atoms with Crippen LogP contribution in [0.3, 0.4) is 0 Å². The number of ether oxygens (including phenoxy) is 1. The molecule has 0 radical (unpaired) electrons. The van der Waals surface area contributed by atoms with Crippen LogP contribution in [-0.4, -0.2) is 58.9 Å². The lowest BCUT2D eigenvalue weighted by atomic mass is 9.72. The Hall–Kier alpha value is -1.95. The van der Waals surface area contributed by atoms with Gasteiger partial charge in [0.15, 0.2) is 0 Å². The Bertz CT molecular complexity index is 665.